The lowest BCUT2D eigenvalue weighted by molar-refractivity contribution is 0.411. The lowest BCUT2D eigenvalue weighted by Crippen LogP contribution is -1.87. The summed E-state index contributed by atoms with van der Waals surface area (Å²) < 4.78 is 5.14. The molecule has 0 saturated heterocycles. The van der Waals surface area contributed by atoms with E-state index in [1.165, 1.54) is 0 Å². The van der Waals surface area contributed by atoms with E-state index >= 15 is 0 Å². The molecule has 92 valence electrons. The third kappa shape index (κ3) is 3.14. The van der Waals surface area contributed by atoms with Gasteiger partial charge in [-0.05, 0) is 30.2 Å². The van der Waals surface area contributed by atoms with Gasteiger partial charge in [-0.1, -0.05) is 42.5 Å². The molecule has 2 nitrogen and oxygen atoms in total. The molecule has 0 aliphatic rings. The number of allylic oxidation sites excluding steroid dienone is 1. The van der Waals surface area contributed by atoms with E-state index < -0.39 is 0 Å². The monoisotopic (exact) mass is 240 g/mol. The minimum atomic E-state index is 0.300. The first-order chi connectivity index (χ1) is 8.79. The molecule has 18 heavy (non-hydrogen) atoms. The Labute approximate surface area is 107 Å². The van der Waals surface area contributed by atoms with Gasteiger partial charge in [0, 0.05) is 5.56 Å². The van der Waals surface area contributed by atoms with Crippen LogP contribution in [0.3, 0.4) is 0 Å². The van der Waals surface area contributed by atoms with Gasteiger partial charge < -0.3 is 9.84 Å². The highest BCUT2D eigenvalue weighted by molar-refractivity contribution is 5.50. The predicted molar refractivity (Wildman–Crippen MR) is 73.8 cm³/mol. The van der Waals surface area contributed by atoms with Crippen LogP contribution in [0.1, 0.15) is 11.1 Å². The fourth-order valence-corrected chi connectivity index (χ4v) is 1.74. The normalized spacial score (nSPS) is 10.7. The summed E-state index contributed by atoms with van der Waals surface area (Å²) in [7, 11) is 1.62. The Bertz CT molecular complexity index is 530. The molecule has 0 aliphatic carbocycles. The van der Waals surface area contributed by atoms with Crippen LogP contribution in [0.2, 0.25) is 0 Å². The van der Waals surface area contributed by atoms with Crippen molar-refractivity contribution in [2.45, 2.75) is 6.42 Å². The van der Waals surface area contributed by atoms with Gasteiger partial charge in [-0.15, -0.1) is 0 Å². The highest BCUT2D eigenvalue weighted by Gasteiger charge is 2.01. The standard InChI is InChI=1S/C16H16O2/c1-18-15-10-11-16(17)14(12-15)9-5-8-13-6-3-2-4-7-13/h2-8,10-12,17H,9H2,1H3/b8-5+. The first kappa shape index (κ1) is 12.2. The second-order valence-electron chi connectivity index (χ2n) is 4.01. The van der Waals surface area contributed by atoms with Crippen molar-refractivity contribution < 1.29 is 9.84 Å². The maximum Gasteiger partial charge on any atom is 0.119 e. The van der Waals surface area contributed by atoms with Gasteiger partial charge >= 0.3 is 0 Å². The SMILES string of the molecule is COc1ccc(O)c(C/C=C/c2ccccc2)c1. The first-order valence-electron chi connectivity index (χ1n) is 5.87. The summed E-state index contributed by atoms with van der Waals surface area (Å²) in [6, 6.07) is 15.3. The molecule has 0 amide bonds. The maximum absolute atomic E-state index is 9.74. The quantitative estimate of drug-likeness (QED) is 0.883. The lowest BCUT2D eigenvalue weighted by atomic mass is 10.1. The highest BCUT2D eigenvalue weighted by Crippen LogP contribution is 2.23. The zero-order valence-corrected chi connectivity index (χ0v) is 10.3. The third-order valence-electron chi connectivity index (χ3n) is 2.73. The van der Waals surface area contributed by atoms with Gasteiger partial charge in [-0.2, -0.15) is 0 Å². The van der Waals surface area contributed by atoms with Crippen LogP contribution in [0.5, 0.6) is 11.5 Å². The molecule has 0 fully saturated rings. The van der Waals surface area contributed by atoms with Crippen molar-refractivity contribution in [2.24, 2.45) is 0 Å². The number of hydrogen-bond donors (Lipinski definition) is 1. The minimum Gasteiger partial charge on any atom is -0.508 e. The molecular formula is C16H16O2. The molecule has 0 heterocycles. The lowest BCUT2D eigenvalue weighted by Gasteiger charge is -2.04. The second-order valence-corrected chi connectivity index (χ2v) is 4.01. The van der Waals surface area contributed by atoms with E-state index in [1.54, 1.807) is 19.2 Å². The molecule has 0 saturated carbocycles. The van der Waals surface area contributed by atoms with Crippen LogP contribution < -0.4 is 4.74 Å². The van der Waals surface area contributed by atoms with Crippen molar-refractivity contribution in [3.8, 4) is 11.5 Å². The van der Waals surface area contributed by atoms with Gasteiger partial charge in [0.15, 0.2) is 0 Å². The number of aromatic hydroxyl groups is 1. The molecule has 0 atom stereocenters. The molecule has 2 aromatic carbocycles. The number of phenolic OH excluding ortho intramolecular Hbond substituents is 1. The molecule has 0 aliphatic heterocycles. The van der Waals surface area contributed by atoms with Gasteiger partial charge in [-0.3, -0.25) is 0 Å². The van der Waals surface area contributed by atoms with E-state index in [9.17, 15) is 5.11 Å². The number of rotatable bonds is 4. The van der Waals surface area contributed by atoms with E-state index in [1.807, 2.05) is 48.6 Å². The van der Waals surface area contributed by atoms with E-state index in [0.717, 1.165) is 16.9 Å². The Balaban J connectivity index is 2.08. The minimum absolute atomic E-state index is 0.300. The van der Waals surface area contributed by atoms with Crippen molar-refractivity contribution in [3.63, 3.8) is 0 Å². The van der Waals surface area contributed by atoms with Crippen molar-refractivity contribution >= 4 is 6.08 Å². The van der Waals surface area contributed by atoms with Crippen molar-refractivity contribution in [1.29, 1.82) is 0 Å². The molecule has 2 aromatic rings. The van der Waals surface area contributed by atoms with Gasteiger partial charge in [0.25, 0.3) is 0 Å². The molecule has 1 N–H and O–H groups in total. The fourth-order valence-electron chi connectivity index (χ4n) is 1.74. The molecule has 2 rings (SSSR count). The van der Waals surface area contributed by atoms with Crippen molar-refractivity contribution in [1.82, 2.24) is 0 Å². The molecule has 0 unspecified atom stereocenters. The van der Waals surface area contributed by atoms with E-state index in [4.69, 9.17) is 4.74 Å². The molecule has 0 bridgehead atoms. The largest absolute Gasteiger partial charge is 0.508 e. The average molecular weight is 240 g/mol. The Hall–Kier alpha value is -2.22. The summed E-state index contributed by atoms with van der Waals surface area (Å²) in [5, 5.41) is 9.74. The number of phenols is 1. The zero-order valence-electron chi connectivity index (χ0n) is 10.3. The Morgan fingerprint density at radius 1 is 1.11 bits per heavy atom. The fraction of sp³-hybridized carbons (Fsp3) is 0.125. The summed E-state index contributed by atoms with van der Waals surface area (Å²) in [5.74, 6) is 1.06. The van der Waals surface area contributed by atoms with Crippen LogP contribution in [0.4, 0.5) is 0 Å². The van der Waals surface area contributed by atoms with Crippen LogP contribution in [0.25, 0.3) is 6.08 Å². The average Bonchev–Trinajstić information content (AvgIpc) is 2.42. The van der Waals surface area contributed by atoms with Gasteiger partial charge in [0.1, 0.15) is 11.5 Å². The summed E-state index contributed by atoms with van der Waals surface area (Å²) in [5.41, 5.74) is 2.02. The highest BCUT2D eigenvalue weighted by atomic mass is 16.5. The van der Waals surface area contributed by atoms with E-state index in [0.29, 0.717) is 12.2 Å². The Kier molecular flexibility index (Phi) is 4.02. The summed E-state index contributed by atoms with van der Waals surface area (Å²) in [6.07, 6.45) is 4.75. The van der Waals surface area contributed by atoms with Gasteiger partial charge in [0.2, 0.25) is 0 Å². The molecule has 2 heteroatoms. The smallest absolute Gasteiger partial charge is 0.119 e. The maximum atomic E-state index is 9.74. The first-order valence-corrected chi connectivity index (χ1v) is 5.87. The second kappa shape index (κ2) is 5.92. The van der Waals surface area contributed by atoms with E-state index in [-0.39, 0.29) is 0 Å². The van der Waals surface area contributed by atoms with Crippen LogP contribution >= 0.6 is 0 Å². The third-order valence-corrected chi connectivity index (χ3v) is 2.73. The Morgan fingerprint density at radius 2 is 1.89 bits per heavy atom. The predicted octanol–water partition coefficient (Wildman–Crippen LogP) is 3.66. The zero-order chi connectivity index (χ0) is 12.8. The molecular weight excluding hydrogens is 224 g/mol. The van der Waals surface area contributed by atoms with Crippen LogP contribution in [0.15, 0.2) is 54.6 Å². The van der Waals surface area contributed by atoms with Crippen molar-refractivity contribution in [3.05, 3.63) is 65.7 Å². The number of benzene rings is 2. The Morgan fingerprint density at radius 3 is 2.61 bits per heavy atom. The molecule has 0 radical (unpaired) electrons. The number of ether oxygens (including phenoxy) is 1. The summed E-state index contributed by atoms with van der Waals surface area (Å²) >= 11 is 0. The summed E-state index contributed by atoms with van der Waals surface area (Å²) in [4.78, 5) is 0. The molecule has 0 aromatic heterocycles. The topological polar surface area (TPSA) is 29.5 Å². The van der Waals surface area contributed by atoms with Crippen LogP contribution in [0, 0.1) is 0 Å². The van der Waals surface area contributed by atoms with Gasteiger partial charge in [0.05, 0.1) is 7.11 Å². The molecule has 0 spiro atoms. The summed E-state index contributed by atoms with van der Waals surface area (Å²) in [6.45, 7) is 0. The number of hydrogen-bond acceptors (Lipinski definition) is 2. The van der Waals surface area contributed by atoms with Crippen LogP contribution in [-0.4, -0.2) is 12.2 Å². The number of methoxy groups -OCH3 is 1. The van der Waals surface area contributed by atoms with E-state index in [2.05, 4.69) is 0 Å². The van der Waals surface area contributed by atoms with Crippen molar-refractivity contribution in [2.75, 3.05) is 7.11 Å². The van der Waals surface area contributed by atoms with Crippen LogP contribution in [-0.2, 0) is 6.42 Å². The van der Waals surface area contributed by atoms with Gasteiger partial charge in [-0.25, -0.2) is 0 Å².